The molecule has 8 heteroatoms. The van der Waals surface area contributed by atoms with E-state index in [1.165, 1.54) is 13.0 Å². The van der Waals surface area contributed by atoms with Gasteiger partial charge in [-0.05, 0) is 25.5 Å². The van der Waals surface area contributed by atoms with E-state index in [2.05, 4.69) is 10.6 Å². The quantitative estimate of drug-likeness (QED) is 0.658. The van der Waals surface area contributed by atoms with Gasteiger partial charge in [0.05, 0.1) is 15.6 Å². The van der Waals surface area contributed by atoms with Gasteiger partial charge in [0.25, 0.3) is 5.91 Å². The molecule has 1 aromatic carbocycles. The number of carbonyl (C=O) groups excluding carboxylic acids is 2. The predicted molar refractivity (Wildman–Crippen MR) is 83.3 cm³/mol. The van der Waals surface area contributed by atoms with Crippen LogP contribution in [0.1, 0.15) is 30.1 Å². The van der Waals surface area contributed by atoms with Crippen LogP contribution in [0.2, 0.25) is 10.0 Å². The van der Waals surface area contributed by atoms with E-state index in [-0.39, 0.29) is 28.6 Å². The fraction of sp³-hybridized carbons (Fsp3) is 0.357. The van der Waals surface area contributed by atoms with E-state index in [0.717, 1.165) is 0 Å². The first-order valence-corrected chi connectivity index (χ1v) is 7.33. The van der Waals surface area contributed by atoms with E-state index in [1.807, 2.05) is 0 Å². The van der Waals surface area contributed by atoms with Gasteiger partial charge < -0.3 is 15.7 Å². The molecular formula is C14H16Cl2N2O4. The molecule has 1 atom stereocenters. The lowest BCUT2D eigenvalue weighted by Crippen LogP contribution is -2.45. The van der Waals surface area contributed by atoms with Crippen molar-refractivity contribution in [1.29, 1.82) is 0 Å². The van der Waals surface area contributed by atoms with Crippen molar-refractivity contribution in [2.75, 3.05) is 6.54 Å². The van der Waals surface area contributed by atoms with Gasteiger partial charge >= 0.3 is 5.97 Å². The summed E-state index contributed by atoms with van der Waals surface area (Å²) in [4.78, 5) is 34.2. The molecule has 0 heterocycles. The van der Waals surface area contributed by atoms with Crippen molar-refractivity contribution >= 4 is 41.0 Å². The molecule has 2 amide bonds. The molecule has 0 saturated carbocycles. The van der Waals surface area contributed by atoms with Gasteiger partial charge in [0.1, 0.15) is 6.04 Å². The summed E-state index contributed by atoms with van der Waals surface area (Å²) in [6.07, 6.45) is 0.293. The molecule has 120 valence electrons. The van der Waals surface area contributed by atoms with Gasteiger partial charge in [0.15, 0.2) is 0 Å². The average Bonchev–Trinajstić information content (AvgIpc) is 2.45. The molecule has 1 unspecified atom stereocenters. The largest absolute Gasteiger partial charge is 0.481 e. The van der Waals surface area contributed by atoms with E-state index in [1.54, 1.807) is 12.1 Å². The monoisotopic (exact) mass is 346 g/mol. The molecule has 0 aliphatic heterocycles. The molecule has 0 radical (unpaired) electrons. The average molecular weight is 347 g/mol. The highest BCUT2D eigenvalue weighted by molar-refractivity contribution is 6.43. The fourth-order valence-electron chi connectivity index (χ4n) is 1.62. The summed E-state index contributed by atoms with van der Waals surface area (Å²) in [6.45, 7) is 1.74. The summed E-state index contributed by atoms with van der Waals surface area (Å²) in [5, 5.41) is 13.9. The van der Waals surface area contributed by atoms with Crippen molar-refractivity contribution < 1.29 is 19.5 Å². The normalized spacial score (nSPS) is 11.6. The van der Waals surface area contributed by atoms with Crippen molar-refractivity contribution in [3.63, 3.8) is 0 Å². The third-order valence-electron chi connectivity index (χ3n) is 2.80. The first-order chi connectivity index (χ1) is 10.3. The summed E-state index contributed by atoms with van der Waals surface area (Å²) in [7, 11) is 0. The Hall–Kier alpha value is -1.79. The van der Waals surface area contributed by atoms with E-state index in [9.17, 15) is 14.4 Å². The molecule has 1 aromatic rings. The first kappa shape index (κ1) is 18.3. The Kier molecular flexibility index (Phi) is 7.14. The molecule has 0 spiro atoms. The van der Waals surface area contributed by atoms with E-state index in [0.29, 0.717) is 6.42 Å². The maximum atomic E-state index is 12.0. The number of hydrogen-bond acceptors (Lipinski definition) is 3. The summed E-state index contributed by atoms with van der Waals surface area (Å²) >= 11 is 11.8. The van der Waals surface area contributed by atoms with Crippen LogP contribution >= 0.6 is 23.2 Å². The van der Waals surface area contributed by atoms with Gasteiger partial charge in [0, 0.05) is 13.0 Å². The van der Waals surface area contributed by atoms with Crippen LogP contribution < -0.4 is 10.6 Å². The highest BCUT2D eigenvalue weighted by Gasteiger charge is 2.18. The number of aliphatic carboxylic acids is 1. The molecule has 0 fully saturated rings. The van der Waals surface area contributed by atoms with Gasteiger partial charge in [-0.2, -0.15) is 0 Å². The number of carboxylic acid groups (broad SMARTS) is 1. The molecule has 1 rings (SSSR count). The predicted octanol–water partition coefficient (Wildman–Crippen LogP) is 2.09. The molecule has 3 N–H and O–H groups in total. The first-order valence-electron chi connectivity index (χ1n) is 6.57. The number of amides is 2. The number of nitrogens with one attached hydrogen (secondary N) is 2. The van der Waals surface area contributed by atoms with Crippen molar-refractivity contribution in [2.24, 2.45) is 0 Å². The number of halogens is 2. The molecule has 0 aliphatic carbocycles. The van der Waals surface area contributed by atoms with Crippen molar-refractivity contribution in [3.8, 4) is 0 Å². The second kappa shape index (κ2) is 8.60. The van der Waals surface area contributed by atoms with Gasteiger partial charge in [-0.3, -0.25) is 14.4 Å². The standard InChI is InChI=1S/C14H16Cl2N2O4/c1-8(13(21)17-7-3-6-11(19)20)18-14(22)9-4-2-5-10(15)12(9)16/h2,4-5,8H,3,6-7H2,1H3,(H,17,21)(H,18,22)(H,19,20). The molecule has 0 aromatic heterocycles. The Morgan fingerprint density at radius 3 is 2.59 bits per heavy atom. The maximum Gasteiger partial charge on any atom is 0.303 e. The molecule has 0 saturated heterocycles. The lowest BCUT2D eigenvalue weighted by molar-refractivity contribution is -0.137. The van der Waals surface area contributed by atoms with Crippen LogP contribution in [0.15, 0.2) is 18.2 Å². The SMILES string of the molecule is CC(NC(=O)c1cccc(Cl)c1Cl)C(=O)NCCCC(=O)O. The zero-order valence-electron chi connectivity index (χ0n) is 11.9. The van der Waals surface area contributed by atoms with Gasteiger partial charge in [0.2, 0.25) is 5.91 Å². The summed E-state index contributed by atoms with van der Waals surface area (Å²) in [6, 6.07) is 3.85. The Bertz CT molecular complexity index is 578. The van der Waals surface area contributed by atoms with Crippen molar-refractivity contribution in [1.82, 2.24) is 10.6 Å². The third-order valence-corrected chi connectivity index (χ3v) is 3.62. The topological polar surface area (TPSA) is 95.5 Å². The molecule has 0 bridgehead atoms. The Morgan fingerprint density at radius 2 is 1.95 bits per heavy atom. The minimum atomic E-state index is -0.925. The van der Waals surface area contributed by atoms with E-state index < -0.39 is 23.8 Å². The highest BCUT2D eigenvalue weighted by atomic mass is 35.5. The van der Waals surface area contributed by atoms with Crippen molar-refractivity contribution in [3.05, 3.63) is 33.8 Å². The van der Waals surface area contributed by atoms with Gasteiger partial charge in [-0.15, -0.1) is 0 Å². The van der Waals surface area contributed by atoms with Gasteiger partial charge in [-0.1, -0.05) is 29.3 Å². The Balaban J connectivity index is 2.51. The number of benzene rings is 1. The van der Waals surface area contributed by atoms with Crippen LogP contribution in [-0.4, -0.2) is 35.5 Å². The van der Waals surface area contributed by atoms with Gasteiger partial charge in [-0.25, -0.2) is 0 Å². The minimum Gasteiger partial charge on any atom is -0.481 e. The van der Waals surface area contributed by atoms with Crippen LogP contribution in [0.4, 0.5) is 0 Å². The van der Waals surface area contributed by atoms with E-state index >= 15 is 0 Å². The fourth-order valence-corrected chi connectivity index (χ4v) is 2.01. The second-order valence-electron chi connectivity index (χ2n) is 4.58. The number of rotatable bonds is 7. The number of carboxylic acids is 1. The zero-order valence-corrected chi connectivity index (χ0v) is 13.4. The van der Waals surface area contributed by atoms with Crippen LogP contribution in [0.3, 0.4) is 0 Å². The summed E-state index contributed by atoms with van der Waals surface area (Å²) in [5.74, 6) is -1.84. The Labute approximate surface area is 137 Å². The molecular weight excluding hydrogens is 331 g/mol. The number of hydrogen-bond donors (Lipinski definition) is 3. The van der Waals surface area contributed by atoms with Crippen LogP contribution in [0, 0.1) is 0 Å². The molecule has 22 heavy (non-hydrogen) atoms. The van der Waals surface area contributed by atoms with Crippen LogP contribution in [0.5, 0.6) is 0 Å². The smallest absolute Gasteiger partial charge is 0.303 e. The molecule has 0 aliphatic rings. The summed E-state index contributed by atoms with van der Waals surface area (Å²) < 4.78 is 0. The number of carbonyl (C=O) groups is 3. The third kappa shape index (κ3) is 5.54. The van der Waals surface area contributed by atoms with Crippen LogP contribution in [0.25, 0.3) is 0 Å². The van der Waals surface area contributed by atoms with E-state index in [4.69, 9.17) is 28.3 Å². The lowest BCUT2D eigenvalue weighted by atomic mass is 10.2. The van der Waals surface area contributed by atoms with Crippen molar-refractivity contribution in [2.45, 2.75) is 25.8 Å². The Morgan fingerprint density at radius 1 is 1.27 bits per heavy atom. The highest BCUT2D eigenvalue weighted by Crippen LogP contribution is 2.25. The minimum absolute atomic E-state index is 0.0286. The zero-order chi connectivity index (χ0) is 16.7. The lowest BCUT2D eigenvalue weighted by Gasteiger charge is -2.14. The summed E-state index contributed by atoms with van der Waals surface area (Å²) in [5.41, 5.74) is 0.180. The molecule has 6 nitrogen and oxygen atoms in total. The second-order valence-corrected chi connectivity index (χ2v) is 5.37. The maximum absolute atomic E-state index is 12.0. The van der Waals surface area contributed by atoms with Crippen LogP contribution in [-0.2, 0) is 9.59 Å².